The summed E-state index contributed by atoms with van der Waals surface area (Å²) in [6.07, 6.45) is 1.38. The van der Waals surface area contributed by atoms with Crippen molar-refractivity contribution in [2.45, 2.75) is 78.1 Å². The zero-order chi connectivity index (χ0) is 20.7. The van der Waals surface area contributed by atoms with E-state index in [2.05, 4.69) is 5.32 Å². The lowest BCUT2D eigenvalue weighted by Crippen LogP contribution is -2.46. The van der Waals surface area contributed by atoms with Gasteiger partial charge in [0.25, 0.3) is 0 Å². The maximum Gasteiger partial charge on any atom is 0.332 e. The number of esters is 2. The van der Waals surface area contributed by atoms with Crippen LogP contribution in [0.5, 0.6) is 0 Å². The van der Waals surface area contributed by atoms with E-state index in [1.54, 1.807) is 25.7 Å². The number of rotatable bonds is 6. The van der Waals surface area contributed by atoms with Crippen LogP contribution in [0.1, 0.15) is 60.8 Å². The number of carbonyl (C=O) groups is 3. The smallest absolute Gasteiger partial charge is 0.332 e. The van der Waals surface area contributed by atoms with Crippen LogP contribution >= 0.6 is 0 Å². The summed E-state index contributed by atoms with van der Waals surface area (Å²) in [5.41, 5.74) is -1.05. The van der Waals surface area contributed by atoms with E-state index in [9.17, 15) is 14.4 Å². The number of urea groups is 1. The largest absolute Gasteiger partial charge is 0.460 e. The second kappa shape index (κ2) is 9.92. The van der Waals surface area contributed by atoms with Gasteiger partial charge >= 0.3 is 18.0 Å². The molecule has 1 saturated heterocycles. The molecule has 1 aliphatic rings. The van der Waals surface area contributed by atoms with Gasteiger partial charge in [-0.1, -0.05) is 0 Å². The first kappa shape index (κ1) is 23.2. The van der Waals surface area contributed by atoms with Crippen LogP contribution in [0.3, 0.4) is 0 Å². The predicted octanol–water partition coefficient (Wildman–Crippen LogP) is 2.25. The molecular weight excluding hydrogens is 352 g/mol. The Bertz CT molecular complexity index is 513. The molecule has 0 aromatic carbocycles. The summed E-state index contributed by atoms with van der Waals surface area (Å²) in [6, 6.07) is -0.204. The molecule has 1 N–H and O–H groups in total. The summed E-state index contributed by atoms with van der Waals surface area (Å²) < 4.78 is 16.0. The third-order valence-electron chi connectivity index (χ3n) is 3.61. The van der Waals surface area contributed by atoms with Gasteiger partial charge < -0.3 is 24.4 Å². The fourth-order valence-corrected chi connectivity index (χ4v) is 2.56. The lowest BCUT2D eigenvalue weighted by molar-refractivity contribution is -0.163. The Labute approximate surface area is 161 Å². The fourth-order valence-electron chi connectivity index (χ4n) is 2.56. The molecule has 0 radical (unpaired) electrons. The molecule has 27 heavy (non-hydrogen) atoms. The fraction of sp³-hybridized carbons (Fsp3) is 0.842. The third-order valence-corrected chi connectivity index (χ3v) is 3.61. The standard InChI is InChI=1S/C19H34N2O6/c1-18(2,3)26-15(22)7-10-20-17(24)21-11-8-14(9-12-21)25-13-16(23)27-19(4,5)6/h14H,7-13H2,1-6H3,(H,20,24). The Balaban J connectivity index is 2.21. The van der Waals surface area contributed by atoms with Crippen molar-refractivity contribution in [3.63, 3.8) is 0 Å². The number of ether oxygens (including phenoxy) is 3. The summed E-state index contributed by atoms with van der Waals surface area (Å²) >= 11 is 0. The second-order valence-electron chi connectivity index (χ2n) is 8.65. The van der Waals surface area contributed by atoms with E-state index in [0.717, 1.165) is 0 Å². The zero-order valence-corrected chi connectivity index (χ0v) is 17.4. The molecule has 0 bridgehead atoms. The van der Waals surface area contributed by atoms with Crippen LogP contribution < -0.4 is 5.32 Å². The summed E-state index contributed by atoms with van der Waals surface area (Å²) in [5.74, 6) is -0.720. The normalized spacial score (nSPS) is 16.0. The number of likely N-dealkylation sites (tertiary alicyclic amines) is 1. The van der Waals surface area contributed by atoms with Gasteiger partial charge in [0.05, 0.1) is 12.5 Å². The molecule has 0 saturated carbocycles. The molecule has 1 aliphatic heterocycles. The summed E-state index contributed by atoms with van der Waals surface area (Å²) in [7, 11) is 0. The van der Waals surface area contributed by atoms with Gasteiger partial charge in [0.15, 0.2) is 0 Å². The molecule has 1 heterocycles. The number of piperidine rings is 1. The van der Waals surface area contributed by atoms with Crippen molar-refractivity contribution in [1.29, 1.82) is 0 Å². The van der Waals surface area contributed by atoms with Crippen LogP contribution in [0.15, 0.2) is 0 Å². The Kier molecular flexibility index (Phi) is 8.53. The first-order valence-electron chi connectivity index (χ1n) is 9.44. The highest BCUT2D eigenvalue weighted by atomic mass is 16.6. The minimum atomic E-state index is -0.527. The van der Waals surface area contributed by atoms with Crippen molar-refractivity contribution < 1.29 is 28.6 Å². The number of carbonyl (C=O) groups excluding carboxylic acids is 3. The van der Waals surface area contributed by atoms with Gasteiger partial charge in [-0.3, -0.25) is 4.79 Å². The predicted molar refractivity (Wildman–Crippen MR) is 100 cm³/mol. The molecule has 1 rings (SSSR count). The molecule has 8 heteroatoms. The number of hydrogen-bond acceptors (Lipinski definition) is 6. The number of amides is 2. The molecule has 156 valence electrons. The van der Waals surface area contributed by atoms with Crippen LogP contribution in [-0.4, -0.2) is 66.4 Å². The quantitative estimate of drug-likeness (QED) is 0.704. The van der Waals surface area contributed by atoms with Crippen LogP contribution in [0, 0.1) is 0 Å². The van der Waals surface area contributed by atoms with E-state index in [0.29, 0.717) is 25.9 Å². The molecule has 0 aliphatic carbocycles. The molecule has 8 nitrogen and oxygen atoms in total. The molecular formula is C19H34N2O6. The van der Waals surface area contributed by atoms with Gasteiger partial charge in [0, 0.05) is 19.6 Å². The topological polar surface area (TPSA) is 94.2 Å². The van der Waals surface area contributed by atoms with Gasteiger partial charge in [-0.25, -0.2) is 9.59 Å². The summed E-state index contributed by atoms with van der Waals surface area (Å²) in [4.78, 5) is 37.1. The van der Waals surface area contributed by atoms with Crippen molar-refractivity contribution in [3.05, 3.63) is 0 Å². The first-order valence-corrected chi connectivity index (χ1v) is 9.44. The van der Waals surface area contributed by atoms with Gasteiger partial charge in [-0.15, -0.1) is 0 Å². The maximum atomic E-state index is 12.1. The Hall–Kier alpha value is -1.83. The van der Waals surface area contributed by atoms with Crippen LogP contribution in [0.4, 0.5) is 4.79 Å². The van der Waals surface area contributed by atoms with Crippen molar-refractivity contribution in [3.8, 4) is 0 Å². The van der Waals surface area contributed by atoms with E-state index >= 15 is 0 Å². The third kappa shape index (κ3) is 10.8. The molecule has 0 aromatic heterocycles. The minimum absolute atomic E-state index is 0.0664. The first-order chi connectivity index (χ1) is 12.4. The number of nitrogens with zero attached hydrogens (tertiary/aromatic N) is 1. The Morgan fingerprint density at radius 1 is 0.926 bits per heavy atom. The van der Waals surface area contributed by atoms with Crippen LogP contribution in [0.2, 0.25) is 0 Å². The molecule has 0 unspecified atom stereocenters. The zero-order valence-electron chi connectivity index (χ0n) is 17.4. The van der Waals surface area contributed by atoms with Gasteiger partial charge in [0.2, 0.25) is 0 Å². The van der Waals surface area contributed by atoms with E-state index in [4.69, 9.17) is 14.2 Å². The van der Waals surface area contributed by atoms with E-state index in [1.165, 1.54) is 0 Å². The average molecular weight is 386 g/mol. The highest BCUT2D eigenvalue weighted by Crippen LogP contribution is 2.15. The SMILES string of the molecule is CC(C)(C)OC(=O)CCNC(=O)N1CCC(OCC(=O)OC(C)(C)C)CC1. The molecule has 0 aromatic rings. The van der Waals surface area contributed by atoms with Crippen molar-refractivity contribution in [2.24, 2.45) is 0 Å². The van der Waals surface area contributed by atoms with E-state index < -0.39 is 11.2 Å². The Morgan fingerprint density at radius 3 is 1.96 bits per heavy atom. The Morgan fingerprint density at radius 2 is 1.44 bits per heavy atom. The van der Waals surface area contributed by atoms with Crippen molar-refractivity contribution >= 4 is 18.0 Å². The second-order valence-corrected chi connectivity index (χ2v) is 8.65. The van der Waals surface area contributed by atoms with E-state index in [-0.39, 0.29) is 43.6 Å². The van der Waals surface area contributed by atoms with Gasteiger partial charge in [-0.05, 0) is 54.4 Å². The van der Waals surface area contributed by atoms with Crippen molar-refractivity contribution in [1.82, 2.24) is 10.2 Å². The summed E-state index contributed by atoms with van der Waals surface area (Å²) in [6.45, 7) is 12.1. The minimum Gasteiger partial charge on any atom is -0.460 e. The van der Waals surface area contributed by atoms with E-state index in [1.807, 2.05) is 20.8 Å². The average Bonchev–Trinajstić information content (AvgIpc) is 2.50. The lowest BCUT2D eigenvalue weighted by Gasteiger charge is -2.32. The summed E-state index contributed by atoms with van der Waals surface area (Å²) in [5, 5.41) is 2.73. The number of hydrogen-bond donors (Lipinski definition) is 1. The van der Waals surface area contributed by atoms with Crippen LogP contribution in [-0.2, 0) is 23.8 Å². The molecule has 0 spiro atoms. The van der Waals surface area contributed by atoms with Crippen molar-refractivity contribution in [2.75, 3.05) is 26.2 Å². The molecule has 0 atom stereocenters. The number of nitrogens with one attached hydrogen (secondary N) is 1. The monoisotopic (exact) mass is 386 g/mol. The molecule has 1 fully saturated rings. The highest BCUT2D eigenvalue weighted by Gasteiger charge is 2.25. The highest BCUT2D eigenvalue weighted by molar-refractivity contribution is 5.75. The van der Waals surface area contributed by atoms with Gasteiger partial charge in [0.1, 0.15) is 17.8 Å². The lowest BCUT2D eigenvalue weighted by atomic mass is 10.1. The molecule has 2 amide bonds. The van der Waals surface area contributed by atoms with Crippen LogP contribution in [0.25, 0.3) is 0 Å². The van der Waals surface area contributed by atoms with Gasteiger partial charge in [-0.2, -0.15) is 0 Å². The maximum absolute atomic E-state index is 12.1.